The third-order valence-corrected chi connectivity index (χ3v) is 9.17. The molecule has 0 aliphatic heterocycles. The summed E-state index contributed by atoms with van der Waals surface area (Å²) in [5, 5.41) is 7.43. The lowest BCUT2D eigenvalue weighted by atomic mass is 9.51. The van der Waals surface area contributed by atoms with Gasteiger partial charge < -0.3 is 0 Å². The van der Waals surface area contributed by atoms with E-state index in [2.05, 4.69) is 10.2 Å². The maximum atomic E-state index is 13.6. The Kier molecular flexibility index (Phi) is 5.20. The van der Waals surface area contributed by atoms with Gasteiger partial charge in [-0.25, -0.2) is 13.0 Å². The van der Waals surface area contributed by atoms with Crippen molar-refractivity contribution in [2.24, 2.45) is 7.05 Å². The lowest BCUT2D eigenvalue weighted by Crippen LogP contribution is -2.52. The maximum absolute atomic E-state index is 13.6. The summed E-state index contributed by atoms with van der Waals surface area (Å²) < 4.78 is 66.2. The van der Waals surface area contributed by atoms with Crippen LogP contribution in [0.4, 0.5) is 13.2 Å². The number of halogens is 3. The highest BCUT2D eigenvalue weighted by molar-refractivity contribution is 7.90. The van der Waals surface area contributed by atoms with Gasteiger partial charge in [-0.3, -0.25) is 0 Å². The van der Waals surface area contributed by atoms with E-state index in [1.54, 1.807) is 29.8 Å². The summed E-state index contributed by atoms with van der Waals surface area (Å²) in [6.45, 7) is 0. The monoisotopic (exact) mass is 490 g/mol. The van der Waals surface area contributed by atoms with E-state index in [1.807, 2.05) is 12.1 Å². The fraction of sp³-hybridized carbons (Fsp3) is 0.440. The van der Waals surface area contributed by atoms with Crippen LogP contribution in [-0.2, 0) is 33.9 Å². The van der Waals surface area contributed by atoms with Crippen molar-refractivity contribution in [3.05, 3.63) is 65.5 Å². The Labute approximate surface area is 196 Å². The van der Waals surface area contributed by atoms with Crippen molar-refractivity contribution in [1.82, 2.24) is 10.2 Å². The van der Waals surface area contributed by atoms with Crippen molar-refractivity contribution >= 4 is 9.84 Å². The van der Waals surface area contributed by atoms with Crippen LogP contribution in [0.15, 0.2) is 53.4 Å². The van der Waals surface area contributed by atoms with E-state index >= 15 is 0 Å². The zero-order valence-electron chi connectivity index (χ0n) is 19.1. The molecule has 2 aromatic carbocycles. The highest BCUT2D eigenvalue weighted by atomic mass is 32.2. The minimum atomic E-state index is -4.46. The first-order chi connectivity index (χ1) is 16.0. The summed E-state index contributed by atoms with van der Waals surface area (Å²) in [5.41, 5.74) is 0.416. The number of hydrogen-bond acceptors (Lipinski definition) is 3. The Morgan fingerprint density at radius 3 is 2.03 bits per heavy atom. The molecule has 0 saturated heterocycles. The molecule has 1 heterocycles. The number of hydrogen-bond donors (Lipinski definition) is 1. The molecule has 3 saturated carbocycles. The minimum Gasteiger partial charge on any atom is -0.230 e. The number of benzene rings is 2. The standard InChI is InChI=1S/C25H26F3N3O2S/c1-31-21(19-5-3-4-6-20(19)25(26,27)28)29-30-22(31)24-14-11-23(12-15-24,13-16-24)17-7-9-18(10-8-17)34(2,32)33/h3-10H,11-16H2,1-2H3/p+1. The molecule has 2 bridgehead atoms. The van der Waals surface area contributed by atoms with Crippen LogP contribution in [0.25, 0.3) is 11.4 Å². The first kappa shape index (κ1) is 23.1. The molecule has 0 amide bonds. The zero-order valence-corrected chi connectivity index (χ0v) is 19.9. The average Bonchev–Trinajstić information content (AvgIpc) is 3.21. The van der Waals surface area contributed by atoms with Gasteiger partial charge >= 0.3 is 12.0 Å². The van der Waals surface area contributed by atoms with Crippen LogP contribution in [0.1, 0.15) is 55.5 Å². The van der Waals surface area contributed by atoms with E-state index < -0.39 is 21.6 Å². The number of nitrogens with one attached hydrogen (secondary N) is 1. The van der Waals surface area contributed by atoms with Gasteiger partial charge in [0.25, 0.3) is 0 Å². The van der Waals surface area contributed by atoms with E-state index in [-0.39, 0.29) is 22.2 Å². The topological polar surface area (TPSA) is 66.7 Å². The molecule has 3 aromatic rings. The quantitative estimate of drug-likeness (QED) is 0.531. The van der Waals surface area contributed by atoms with Crippen LogP contribution in [0.3, 0.4) is 0 Å². The molecular formula is C25H27F3N3O2S+. The number of H-pyrrole nitrogens is 1. The van der Waals surface area contributed by atoms with E-state index in [0.717, 1.165) is 50.4 Å². The maximum Gasteiger partial charge on any atom is 0.417 e. The van der Waals surface area contributed by atoms with E-state index in [0.29, 0.717) is 4.90 Å². The third-order valence-electron chi connectivity index (χ3n) is 8.04. The molecule has 0 spiro atoms. The van der Waals surface area contributed by atoms with Crippen molar-refractivity contribution in [2.45, 2.75) is 60.4 Å². The number of nitrogens with zero attached hydrogens (tertiary/aromatic N) is 2. The van der Waals surface area contributed by atoms with Crippen LogP contribution in [-0.4, -0.2) is 24.9 Å². The first-order valence-corrected chi connectivity index (χ1v) is 13.3. The van der Waals surface area contributed by atoms with Gasteiger partial charge in [-0.05, 0) is 73.8 Å². The van der Waals surface area contributed by atoms with Crippen molar-refractivity contribution in [3.63, 3.8) is 0 Å². The lowest BCUT2D eigenvalue weighted by molar-refractivity contribution is -0.673. The van der Waals surface area contributed by atoms with Gasteiger partial charge in [0.2, 0.25) is 5.82 Å². The first-order valence-electron chi connectivity index (χ1n) is 11.4. The predicted octanol–water partition coefficient (Wildman–Crippen LogP) is 4.87. The fourth-order valence-electron chi connectivity index (χ4n) is 6.03. The number of rotatable bonds is 4. The number of alkyl halides is 3. The summed E-state index contributed by atoms with van der Waals surface area (Å²) in [6, 6.07) is 12.8. The molecule has 34 heavy (non-hydrogen) atoms. The molecule has 9 heteroatoms. The molecule has 6 rings (SSSR count). The number of aromatic nitrogens is 3. The highest BCUT2D eigenvalue weighted by Gasteiger charge is 2.54. The number of fused-ring (bicyclic) bond motifs is 3. The predicted molar refractivity (Wildman–Crippen MR) is 121 cm³/mol. The Hall–Kier alpha value is -2.68. The second-order valence-electron chi connectivity index (χ2n) is 9.86. The van der Waals surface area contributed by atoms with Gasteiger partial charge in [0, 0.05) is 11.4 Å². The Morgan fingerprint density at radius 1 is 0.912 bits per heavy atom. The lowest BCUT2D eigenvalue weighted by Gasteiger charge is -2.52. The molecule has 1 aromatic heterocycles. The summed E-state index contributed by atoms with van der Waals surface area (Å²) in [5.74, 6) is 1.16. The Balaban J connectivity index is 1.43. The highest BCUT2D eigenvalue weighted by Crippen LogP contribution is 2.57. The van der Waals surface area contributed by atoms with Crippen LogP contribution >= 0.6 is 0 Å². The van der Waals surface area contributed by atoms with Crippen LogP contribution in [0, 0.1) is 0 Å². The molecular weight excluding hydrogens is 463 g/mol. The van der Waals surface area contributed by atoms with Gasteiger partial charge in [-0.15, -0.1) is 5.10 Å². The summed E-state index contributed by atoms with van der Waals surface area (Å²) in [4.78, 5) is 0.324. The molecule has 3 fully saturated rings. The summed E-state index contributed by atoms with van der Waals surface area (Å²) in [6.07, 6.45) is 2.28. The van der Waals surface area contributed by atoms with Crippen molar-refractivity contribution in [3.8, 4) is 11.4 Å². The average molecular weight is 491 g/mol. The van der Waals surface area contributed by atoms with E-state index in [9.17, 15) is 21.6 Å². The normalized spacial score (nSPS) is 25.0. The molecule has 1 N–H and O–H groups in total. The third kappa shape index (κ3) is 3.65. The molecule has 0 radical (unpaired) electrons. The Morgan fingerprint density at radius 2 is 1.47 bits per heavy atom. The van der Waals surface area contributed by atoms with Gasteiger partial charge in [0.1, 0.15) is 0 Å². The minimum absolute atomic E-state index is 0.0160. The SMILES string of the molecule is C[n+]1c(-c2ccccc2C(F)(F)F)n[nH]c1C12CCC(c3ccc(S(C)(=O)=O)cc3)(CC1)CC2. The van der Waals surface area contributed by atoms with Crippen molar-refractivity contribution in [1.29, 1.82) is 0 Å². The fourth-order valence-corrected chi connectivity index (χ4v) is 6.66. The molecule has 3 aliphatic carbocycles. The van der Waals surface area contributed by atoms with Gasteiger partial charge in [0.15, 0.2) is 9.84 Å². The second kappa shape index (κ2) is 7.66. The number of sulfone groups is 1. The zero-order chi connectivity index (χ0) is 24.4. The Bertz CT molecular complexity index is 1320. The van der Waals surface area contributed by atoms with Gasteiger partial charge in [0.05, 0.1) is 28.5 Å². The van der Waals surface area contributed by atoms with Crippen molar-refractivity contribution < 1.29 is 26.2 Å². The van der Waals surface area contributed by atoms with Crippen LogP contribution in [0.2, 0.25) is 0 Å². The molecule has 5 nitrogen and oxygen atoms in total. The van der Waals surface area contributed by atoms with Crippen LogP contribution in [0.5, 0.6) is 0 Å². The van der Waals surface area contributed by atoms with E-state index in [1.165, 1.54) is 24.0 Å². The molecule has 3 aliphatic rings. The summed E-state index contributed by atoms with van der Waals surface area (Å²) >= 11 is 0. The van der Waals surface area contributed by atoms with Gasteiger partial charge in [-0.1, -0.05) is 24.3 Å². The molecule has 180 valence electrons. The van der Waals surface area contributed by atoms with E-state index in [4.69, 9.17) is 0 Å². The molecule has 0 atom stereocenters. The summed E-state index contributed by atoms with van der Waals surface area (Å²) in [7, 11) is -1.45. The second-order valence-corrected chi connectivity index (χ2v) is 11.9. The van der Waals surface area contributed by atoms with Crippen LogP contribution < -0.4 is 4.57 Å². The van der Waals surface area contributed by atoms with Gasteiger partial charge in [-0.2, -0.15) is 13.2 Å². The van der Waals surface area contributed by atoms with Crippen molar-refractivity contribution in [2.75, 3.05) is 6.26 Å². The molecule has 0 unspecified atom stereocenters. The number of aromatic amines is 1. The smallest absolute Gasteiger partial charge is 0.230 e. The largest absolute Gasteiger partial charge is 0.417 e.